The molecule has 0 aliphatic heterocycles. The molecule has 1 aliphatic rings. The van der Waals surface area contributed by atoms with Crippen LogP contribution in [0.25, 0.3) is 11.0 Å². The van der Waals surface area contributed by atoms with E-state index in [1.165, 1.54) is 19.3 Å². The topological polar surface area (TPSA) is 17.8 Å². The SMILES string of the molecule is CC1(Cn2c(CCl)nc3cccc(Cl)c32)CCC1. The van der Waals surface area contributed by atoms with Gasteiger partial charge in [0.25, 0.3) is 0 Å². The Hall–Kier alpha value is -0.730. The van der Waals surface area contributed by atoms with Crippen molar-refractivity contribution in [3.8, 4) is 0 Å². The fourth-order valence-electron chi connectivity index (χ4n) is 2.78. The Balaban J connectivity index is 2.12. The first-order valence-electron chi connectivity index (χ1n) is 6.33. The second-order valence-corrected chi connectivity index (χ2v) is 6.19. The number of rotatable bonds is 3. The Morgan fingerprint density at radius 3 is 2.78 bits per heavy atom. The minimum absolute atomic E-state index is 0.383. The number of para-hydroxylation sites is 1. The van der Waals surface area contributed by atoms with E-state index in [4.69, 9.17) is 23.2 Å². The lowest BCUT2D eigenvalue weighted by molar-refractivity contribution is 0.133. The predicted molar refractivity (Wildman–Crippen MR) is 76.3 cm³/mol. The van der Waals surface area contributed by atoms with Crippen LogP contribution in [0.5, 0.6) is 0 Å². The van der Waals surface area contributed by atoms with Crippen LogP contribution >= 0.6 is 23.2 Å². The van der Waals surface area contributed by atoms with Gasteiger partial charge in [0.05, 0.1) is 21.9 Å². The van der Waals surface area contributed by atoms with Crippen LogP contribution in [0.4, 0.5) is 0 Å². The number of imidazole rings is 1. The van der Waals surface area contributed by atoms with Crippen molar-refractivity contribution in [2.24, 2.45) is 5.41 Å². The van der Waals surface area contributed by atoms with Gasteiger partial charge in [0.15, 0.2) is 0 Å². The van der Waals surface area contributed by atoms with E-state index < -0.39 is 0 Å². The zero-order chi connectivity index (χ0) is 12.8. The summed E-state index contributed by atoms with van der Waals surface area (Å²) in [6, 6.07) is 5.85. The number of aromatic nitrogens is 2. The van der Waals surface area contributed by atoms with Crippen molar-refractivity contribution >= 4 is 34.2 Å². The standard InChI is InChI=1S/C14H16Cl2N2/c1-14(6-3-7-14)9-18-12(8-15)17-11-5-2-4-10(16)13(11)18/h2,4-5H,3,6-9H2,1H3. The van der Waals surface area contributed by atoms with Crippen molar-refractivity contribution < 1.29 is 0 Å². The highest BCUT2D eigenvalue weighted by atomic mass is 35.5. The van der Waals surface area contributed by atoms with Crippen molar-refractivity contribution in [1.82, 2.24) is 9.55 Å². The van der Waals surface area contributed by atoms with Gasteiger partial charge >= 0.3 is 0 Å². The molecule has 0 N–H and O–H groups in total. The smallest absolute Gasteiger partial charge is 0.124 e. The lowest BCUT2D eigenvalue weighted by Gasteiger charge is -2.39. The third kappa shape index (κ3) is 1.92. The second-order valence-electron chi connectivity index (χ2n) is 5.52. The summed E-state index contributed by atoms with van der Waals surface area (Å²) in [5.41, 5.74) is 2.36. The summed E-state index contributed by atoms with van der Waals surface area (Å²) in [6.07, 6.45) is 3.88. The van der Waals surface area contributed by atoms with E-state index in [2.05, 4.69) is 16.5 Å². The molecule has 18 heavy (non-hydrogen) atoms. The number of benzene rings is 1. The van der Waals surface area contributed by atoms with Gasteiger partial charge in [0, 0.05) is 6.54 Å². The van der Waals surface area contributed by atoms with Gasteiger partial charge < -0.3 is 4.57 Å². The number of hydrogen-bond donors (Lipinski definition) is 0. The maximum atomic E-state index is 6.32. The Bertz CT molecular complexity index is 585. The van der Waals surface area contributed by atoms with Crippen molar-refractivity contribution in [3.63, 3.8) is 0 Å². The van der Waals surface area contributed by atoms with Gasteiger partial charge in [0.1, 0.15) is 5.82 Å². The molecule has 0 amide bonds. The van der Waals surface area contributed by atoms with Crippen LogP contribution in [0.15, 0.2) is 18.2 Å². The fourth-order valence-corrected chi connectivity index (χ4v) is 3.26. The Morgan fingerprint density at radius 1 is 1.39 bits per heavy atom. The van der Waals surface area contributed by atoms with E-state index in [-0.39, 0.29) is 0 Å². The molecule has 0 unspecified atom stereocenters. The molecule has 1 fully saturated rings. The summed E-state index contributed by atoms with van der Waals surface area (Å²) < 4.78 is 2.21. The molecule has 0 spiro atoms. The van der Waals surface area contributed by atoms with Gasteiger partial charge in [-0.1, -0.05) is 31.0 Å². The van der Waals surface area contributed by atoms with Gasteiger partial charge in [-0.2, -0.15) is 0 Å². The Morgan fingerprint density at radius 2 is 2.17 bits per heavy atom. The molecule has 0 saturated heterocycles. The molecule has 1 aromatic carbocycles. The second kappa shape index (κ2) is 4.43. The average Bonchev–Trinajstić information content (AvgIpc) is 2.66. The first-order chi connectivity index (χ1) is 8.63. The molecule has 1 heterocycles. The normalized spacial score (nSPS) is 17.9. The lowest BCUT2D eigenvalue weighted by atomic mass is 9.70. The van der Waals surface area contributed by atoms with Crippen molar-refractivity contribution in [2.45, 2.75) is 38.6 Å². The third-order valence-corrected chi connectivity index (χ3v) is 4.56. The van der Waals surface area contributed by atoms with Crippen LogP contribution in [0, 0.1) is 5.41 Å². The van der Waals surface area contributed by atoms with Gasteiger partial charge in [-0.05, 0) is 30.4 Å². The average molecular weight is 283 g/mol. The molecular formula is C14H16Cl2N2. The first kappa shape index (κ1) is 12.3. The summed E-state index contributed by atoms with van der Waals surface area (Å²) in [4.78, 5) is 4.58. The molecular weight excluding hydrogens is 267 g/mol. The summed E-state index contributed by atoms with van der Waals surface area (Å²) in [5.74, 6) is 1.36. The number of halogens is 2. The third-order valence-electron chi connectivity index (χ3n) is 4.02. The molecule has 2 aromatic rings. The zero-order valence-electron chi connectivity index (χ0n) is 10.4. The van der Waals surface area contributed by atoms with Crippen LogP contribution in [-0.2, 0) is 12.4 Å². The molecule has 0 atom stereocenters. The predicted octanol–water partition coefficient (Wildman–Crippen LogP) is 4.62. The minimum Gasteiger partial charge on any atom is -0.325 e. The lowest BCUT2D eigenvalue weighted by Crippen LogP contribution is -2.31. The van der Waals surface area contributed by atoms with Crippen LogP contribution < -0.4 is 0 Å². The highest BCUT2D eigenvalue weighted by Crippen LogP contribution is 2.43. The largest absolute Gasteiger partial charge is 0.325 e. The van der Waals surface area contributed by atoms with Gasteiger partial charge in [-0.25, -0.2) is 4.98 Å². The molecule has 4 heteroatoms. The van der Waals surface area contributed by atoms with Gasteiger partial charge in [0.2, 0.25) is 0 Å². The van der Waals surface area contributed by atoms with Crippen molar-refractivity contribution in [3.05, 3.63) is 29.0 Å². The minimum atomic E-state index is 0.383. The zero-order valence-corrected chi connectivity index (χ0v) is 11.9. The molecule has 2 nitrogen and oxygen atoms in total. The number of nitrogens with zero attached hydrogens (tertiary/aromatic N) is 2. The Kier molecular flexibility index (Phi) is 3.03. The summed E-state index contributed by atoms with van der Waals surface area (Å²) >= 11 is 12.3. The molecule has 1 saturated carbocycles. The summed E-state index contributed by atoms with van der Waals surface area (Å²) in [7, 11) is 0. The van der Waals surface area contributed by atoms with Crippen LogP contribution in [0.3, 0.4) is 0 Å². The van der Waals surface area contributed by atoms with Crippen LogP contribution in [-0.4, -0.2) is 9.55 Å². The number of fused-ring (bicyclic) bond motifs is 1. The van der Waals surface area contributed by atoms with Crippen molar-refractivity contribution in [1.29, 1.82) is 0 Å². The van der Waals surface area contributed by atoms with E-state index in [0.717, 1.165) is 28.4 Å². The summed E-state index contributed by atoms with van der Waals surface area (Å²) in [6.45, 7) is 3.30. The van der Waals surface area contributed by atoms with E-state index in [0.29, 0.717) is 11.3 Å². The van der Waals surface area contributed by atoms with E-state index in [1.54, 1.807) is 0 Å². The number of hydrogen-bond acceptors (Lipinski definition) is 1. The molecule has 0 radical (unpaired) electrons. The molecule has 1 aromatic heterocycles. The van der Waals surface area contributed by atoms with Crippen LogP contribution in [0.2, 0.25) is 5.02 Å². The molecule has 0 bridgehead atoms. The van der Waals surface area contributed by atoms with Crippen LogP contribution in [0.1, 0.15) is 32.0 Å². The van der Waals surface area contributed by atoms with Gasteiger partial charge in [-0.3, -0.25) is 0 Å². The fraction of sp³-hybridized carbons (Fsp3) is 0.500. The van der Waals surface area contributed by atoms with E-state index in [1.807, 2.05) is 18.2 Å². The van der Waals surface area contributed by atoms with Gasteiger partial charge in [-0.15, -0.1) is 11.6 Å². The maximum absolute atomic E-state index is 6.32. The van der Waals surface area contributed by atoms with Crippen molar-refractivity contribution in [2.75, 3.05) is 0 Å². The van der Waals surface area contributed by atoms with E-state index in [9.17, 15) is 0 Å². The summed E-state index contributed by atoms with van der Waals surface area (Å²) in [5, 5.41) is 0.763. The molecule has 96 valence electrons. The number of alkyl halides is 1. The quantitative estimate of drug-likeness (QED) is 0.752. The maximum Gasteiger partial charge on any atom is 0.124 e. The molecule has 3 rings (SSSR count). The monoisotopic (exact) mass is 282 g/mol. The highest BCUT2D eigenvalue weighted by molar-refractivity contribution is 6.35. The first-order valence-corrected chi connectivity index (χ1v) is 7.24. The van der Waals surface area contributed by atoms with E-state index >= 15 is 0 Å². The molecule has 1 aliphatic carbocycles. The Labute approximate surface area is 117 Å². The highest BCUT2D eigenvalue weighted by Gasteiger charge is 2.33.